The number of anilines is 1. The summed E-state index contributed by atoms with van der Waals surface area (Å²) in [4.78, 5) is 25.0. The van der Waals surface area contributed by atoms with Crippen LogP contribution in [0.25, 0.3) is 11.3 Å². The van der Waals surface area contributed by atoms with Crippen molar-refractivity contribution in [1.29, 1.82) is 0 Å². The summed E-state index contributed by atoms with van der Waals surface area (Å²) in [5.41, 5.74) is -0.0920. The molecule has 6 nitrogen and oxygen atoms in total. The number of amides is 1. The lowest BCUT2D eigenvalue weighted by molar-refractivity contribution is -0.137. The summed E-state index contributed by atoms with van der Waals surface area (Å²) in [7, 11) is 0. The highest BCUT2D eigenvalue weighted by Crippen LogP contribution is 2.31. The van der Waals surface area contributed by atoms with E-state index < -0.39 is 29.0 Å². The van der Waals surface area contributed by atoms with Crippen molar-refractivity contribution in [3.05, 3.63) is 102 Å². The Morgan fingerprint density at radius 1 is 0.842 bits per heavy atom. The van der Waals surface area contributed by atoms with E-state index in [1.54, 1.807) is 12.3 Å². The molecule has 0 spiro atoms. The van der Waals surface area contributed by atoms with Gasteiger partial charge in [-0.25, -0.2) is 14.4 Å². The van der Waals surface area contributed by atoms with Crippen LogP contribution in [0.2, 0.25) is 0 Å². The molecule has 0 radical (unpaired) electrons. The predicted molar refractivity (Wildman–Crippen MR) is 134 cm³/mol. The molecule has 1 aliphatic heterocycles. The van der Waals surface area contributed by atoms with Crippen molar-refractivity contribution in [3.8, 4) is 22.8 Å². The minimum Gasteiger partial charge on any atom is -0.457 e. The Bertz CT molecular complexity index is 1420. The summed E-state index contributed by atoms with van der Waals surface area (Å²) in [6, 6.07) is 20.6. The van der Waals surface area contributed by atoms with E-state index in [1.807, 2.05) is 59.5 Å². The monoisotopic (exact) mass is 522 g/mol. The van der Waals surface area contributed by atoms with Gasteiger partial charge in [0.1, 0.15) is 17.3 Å². The van der Waals surface area contributed by atoms with Gasteiger partial charge < -0.3 is 14.5 Å². The maximum absolute atomic E-state index is 14.2. The number of hydrogen-bond acceptors (Lipinski definition) is 5. The second-order valence-electron chi connectivity index (χ2n) is 8.65. The van der Waals surface area contributed by atoms with Gasteiger partial charge in [0, 0.05) is 37.9 Å². The van der Waals surface area contributed by atoms with Gasteiger partial charge in [0.05, 0.1) is 16.8 Å². The molecule has 0 unspecified atom stereocenters. The highest BCUT2D eigenvalue weighted by atomic mass is 19.4. The quantitative estimate of drug-likeness (QED) is 0.299. The average molecular weight is 523 g/mol. The van der Waals surface area contributed by atoms with Gasteiger partial charge >= 0.3 is 6.18 Å². The molecule has 10 heteroatoms. The fourth-order valence-corrected chi connectivity index (χ4v) is 4.13. The standard InChI is InChI=1S/C28H22F4N4O2/c29-24-11-8-20(28(30,31)32)18-23(24)26(37)35-14-16-36(17-15-35)27-33-13-12-25(34-27)19-6-9-22(10-7-19)38-21-4-2-1-3-5-21/h1-13,18H,14-17H2. The molecular weight excluding hydrogens is 500 g/mol. The van der Waals surface area contributed by atoms with Crippen molar-refractivity contribution in [2.24, 2.45) is 0 Å². The Kier molecular flexibility index (Phi) is 6.95. The molecule has 1 aliphatic rings. The SMILES string of the molecule is O=C(c1cc(C(F)(F)F)ccc1F)N1CCN(c2nccc(-c3ccc(Oc4ccccc4)cc3)n2)CC1. The zero-order valence-electron chi connectivity index (χ0n) is 20.0. The summed E-state index contributed by atoms with van der Waals surface area (Å²) < 4.78 is 59.1. The van der Waals surface area contributed by atoms with Gasteiger partial charge in [-0.15, -0.1) is 0 Å². The van der Waals surface area contributed by atoms with Crippen LogP contribution in [0.3, 0.4) is 0 Å². The van der Waals surface area contributed by atoms with Gasteiger partial charge in [-0.3, -0.25) is 4.79 Å². The number of hydrogen-bond donors (Lipinski definition) is 0. The Morgan fingerprint density at radius 3 is 2.21 bits per heavy atom. The minimum absolute atomic E-state index is 0.188. The van der Waals surface area contributed by atoms with Crippen LogP contribution in [0, 0.1) is 5.82 Å². The second kappa shape index (κ2) is 10.5. The Morgan fingerprint density at radius 2 is 1.53 bits per heavy atom. The molecule has 38 heavy (non-hydrogen) atoms. The van der Waals surface area contributed by atoms with Crippen LogP contribution in [-0.4, -0.2) is 47.0 Å². The molecule has 2 heterocycles. The number of carbonyl (C=O) groups is 1. The number of carbonyl (C=O) groups excluding carboxylic acids is 1. The fourth-order valence-electron chi connectivity index (χ4n) is 4.13. The molecule has 3 aromatic carbocycles. The van der Waals surface area contributed by atoms with E-state index >= 15 is 0 Å². The summed E-state index contributed by atoms with van der Waals surface area (Å²) in [6.45, 7) is 1.07. The lowest BCUT2D eigenvalue weighted by Crippen LogP contribution is -2.49. The van der Waals surface area contributed by atoms with Crippen LogP contribution < -0.4 is 9.64 Å². The van der Waals surface area contributed by atoms with Gasteiger partial charge in [-0.05, 0) is 60.7 Å². The van der Waals surface area contributed by atoms with Crippen molar-refractivity contribution >= 4 is 11.9 Å². The van der Waals surface area contributed by atoms with Crippen LogP contribution >= 0.6 is 0 Å². The van der Waals surface area contributed by atoms with Crippen LogP contribution in [0.15, 0.2) is 85.1 Å². The van der Waals surface area contributed by atoms with Crippen molar-refractivity contribution < 1.29 is 27.1 Å². The number of rotatable bonds is 5. The molecule has 1 amide bonds. The number of ether oxygens (including phenoxy) is 1. The topological polar surface area (TPSA) is 58.6 Å². The van der Waals surface area contributed by atoms with E-state index in [0.717, 1.165) is 11.3 Å². The van der Waals surface area contributed by atoms with Crippen LogP contribution in [0.5, 0.6) is 11.5 Å². The second-order valence-corrected chi connectivity index (χ2v) is 8.65. The summed E-state index contributed by atoms with van der Waals surface area (Å²) in [5, 5.41) is 0. The Hall–Kier alpha value is -4.47. The van der Waals surface area contributed by atoms with Crippen LogP contribution in [-0.2, 0) is 6.18 Å². The van der Waals surface area contributed by atoms with Crippen molar-refractivity contribution in [1.82, 2.24) is 14.9 Å². The Balaban J connectivity index is 1.24. The highest BCUT2D eigenvalue weighted by molar-refractivity contribution is 5.95. The molecule has 5 rings (SSSR count). The first-order valence-electron chi connectivity index (χ1n) is 11.9. The first-order chi connectivity index (χ1) is 18.3. The number of alkyl halides is 3. The fraction of sp³-hybridized carbons (Fsp3) is 0.179. The molecule has 0 bridgehead atoms. The van der Waals surface area contributed by atoms with E-state index in [-0.39, 0.29) is 13.1 Å². The molecule has 0 saturated carbocycles. The largest absolute Gasteiger partial charge is 0.457 e. The Labute approximate surface area is 216 Å². The maximum atomic E-state index is 14.2. The van der Waals surface area contributed by atoms with Crippen LogP contribution in [0.4, 0.5) is 23.5 Å². The molecule has 0 N–H and O–H groups in total. The van der Waals surface area contributed by atoms with Gasteiger partial charge in [-0.2, -0.15) is 13.2 Å². The van der Waals surface area contributed by atoms with Crippen molar-refractivity contribution in [2.45, 2.75) is 6.18 Å². The normalized spacial score (nSPS) is 13.9. The molecular formula is C28H22F4N4O2. The van der Waals surface area contributed by atoms with E-state index in [1.165, 1.54) is 4.90 Å². The summed E-state index contributed by atoms with van der Waals surface area (Å²) in [5.74, 6) is 0.122. The zero-order valence-corrected chi connectivity index (χ0v) is 20.0. The molecule has 1 saturated heterocycles. The number of nitrogens with zero attached hydrogens (tertiary/aromatic N) is 4. The number of para-hydroxylation sites is 1. The summed E-state index contributed by atoms with van der Waals surface area (Å²) >= 11 is 0. The molecule has 0 aliphatic carbocycles. The van der Waals surface area contributed by atoms with Crippen LogP contribution in [0.1, 0.15) is 15.9 Å². The number of piperazine rings is 1. The van der Waals surface area contributed by atoms with Crippen molar-refractivity contribution in [3.63, 3.8) is 0 Å². The highest BCUT2D eigenvalue weighted by Gasteiger charge is 2.33. The lowest BCUT2D eigenvalue weighted by Gasteiger charge is -2.35. The first kappa shape index (κ1) is 25.2. The summed E-state index contributed by atoms with van der Waals surface area (Å²) in [6.07, 6.45) is -3.03. The van der Waals surface area contributed by atoms with E-state index in [0.29, 0.717) is 48.7 Å². The van der Waals surface area contributed by atoms with Gasteiger partial charge in [0.15, 0.2) is 0 Å². The van der Waals surface area contributed by atoms with E-state index in [2.05, 4.69) is 9.97 Å². The predicted octanol–water partition coefficient (Wildman–Crippen LogP) is 6.06. The van der Waals surface area contributed by atoms with Gasteiger partial charge in [0.25, 0.3) is 5.91 Å². The molecule has 1 fully saturated rings. The number of halogens is 4. The number of benzene rings is 3. The third-order valence-corrected chi connectivity index (χ3v) is 6.15. The third kappa shape index (κ3) is 5.59. The smallest absolute Gasteiger partial charge is 0.416 e. The lowest BCUT2D eigenvalue weighted by atomic mass is 10.1. The first-order valence-corrected chi connectivity index (χ1v) is 11.9. The third-order valence-electron chi connectivity index (χ3n) is 6.15. The maximum Gasteiger partial charge on any atom is 0.416 e. The van der Waals surface area contributed by atoms with Crippen molar-refractivity contribution in [2.75, 3.05) is 31.1 Å². The molecule has 194 valence electrons. The van der Waals surface area contributed by atoms with Gasteiger partial charge in [0.2, 0.25) is 5.95 Å². The van der Waals surface area contributed by atoms with Gasteiger partial charge in [-0.1, -0.05) is 18.2 Å². The zero-order chi connectivity index (χ0) is 26.7. The van der Waals surface area contributed by atoms with E-state index in [9.17, 15) is 22.4 Å². The molecule has 1 aromatic heterocycles. The number of aromatic nitrogens is 2. The molecule has 0 atom stereocenters. The van der Waals surface area contributed by atoms with E-state index in [4.69, 9.17) is 4.74 Å². The molecule has 4 aromatic rings. The average Bonchev–Trinajstić information content (AvgIpc) is 2.93. The minimum atomic E-state index is -4.67.